The number of nitrogens with one attached hydrogen (secondary N) is 2. The molecule has 0 aliphatic rings. The van der Waals surface area contributed by atoms with E-state index in [9.17, 15) is 14.4 Å². The fourth-order valence-electron chi connectivity index (χ4n) is 1.26. The third-order valence-electron chi connectivity index (χ3n) is 2.11. The maximum atomic E-state index is 11.5. The Hall–Kier alpha value is -1.89. The highest BCUT2D eigenvalue weighted by Gasteiger charge is 2.09. The quantitative estimate of drug-likeness (QED) is 0.716. The van der Waals surface area contributed by atoms with Gasteiger partial charge in [-0.1, -0.05) is 6.07 Å². The first-order chi connectivity index (χ1) is 9.13. The van der Waals surface area contributed by atoms with Gasteiger partial charge in [0.25, 0.3) is 5.91 Å². The Bertz CT molecular complexity index is 431. The number of rotatable bonds is 7. The molecule has 0 bridgehead atoms. The summed E-state index contributed by atoms with van der Waals surface area (Å²) in [4.78, 5) is 34.5. The van der Waals surface area contributed by atoms with Crippen molar-refractivity contribution in [3.63, 3.8) is 0 Å². The van der Waals surface area contributed by atoms with Gasteiger partial charge in [-0.25, -0.2) is 0 Å². The summed E-state index contributed by atoms with van der Waals surface area (Å²) >= 11 is 1.30. The Morgan fingerprint density at radius 2 is 2.11 bits per heavy atom. The van der Waals surface area contributed by atoms with Crippen LogP contribution in [-0.4, -0.2) is 37.5 Å². The minimum atomic E-state index is -0.356. The molecule has 2 N–H and O–H groups in total. The van der Waals surface area contributed by atoms with Crippen molar-refractivity contribution in [2.45, 2.75) is 13.3 Å². The van der Waals surface area contributed by atoms with Gasteiger partial charge >= 0.3 is 5.97 Å². The van der Waals surface area contributed by atoms with E-state index >= 15 is 0 Å². The number of carbonyl (C=O) groups excluding carboxylic acids is 3. The summed E-state index contributed by atoms with van der Waals surface area (Å²) in [6.45, 7) is 2.13. The van der Waals surface area contributed by atoms with Gasteiger partial charge in [-0.05, 0) is 18.4 Å². The molecule has 1 aromatic heterocycles. The van der Waals surface area contributed by atoms with Crippen LogP contribution in [-0.2, 0) is 14.3 Å². The molecule has 0 unspecified atom stereocenters. The number of ether oxygens (including phenoxy) is 1. The molecule has 0 radical (unpaired) electrons. The molecule has 1 heterocycles. The third kappa shape index (κ3) is 6.01. The van der Waals surface area contributed by atoms with Gasteiger partial charge in [-0.2, -0.15) is 0 Å². The molecule has 104 valence electrons. The summed E-state index contributed by atoms with van der Waals surface area (Å²) < 4.78 is 4.71. The lowest BCUT2D eigenvalue weighted by molar-refractivity contribution is -0.143. The Kier molecular flexibility index (Phi) is 6.59. The predicted molar refractivity (Wildman–Crippen MR) is 70.9 cm³/mol. The maximum absolute atomic E-state index is 11.5. The van der Waals surface area contributed by atoms with Crippen LogP contribution >= 0.6 is 11.3 Å². The van der Waals surface area contributed by atoms with Gasteiger partial charge in [0.15, 0.2) is 0 Å². The molecule has 0 atom stereocenters. The van der Waals surface area contributed by atoms with Crippen LogP contribution in [0.25, 0.3) is 0 Å². The van der Waals surface area contributed by atoms with Crippen LogP contribution in [0.5, 0.6) is 0 Å². The molecule has 0 fully saturated rings. The molecule has 7 heteroatoms. The standard InChI is InChI=1S/C12H16N2O4S/c1-2-18-11(16)5-6-13-10(15)8-14-12(17)9-4-3-7-19-9/h3-4,7H,2,5-6,8H2,1H3,(H,13,15)(H,14,17). The maximum Gasteiger partial charge on any atom is 0.307 e. The molecule has 1 rings (SSSR count). The molecule has 0 saturated carbocycles. The smallest absolute Gasteiger partial charge is 0.307 e. The highest BCUT2D eigenvalue weighted by molar-refractivity contribution is 7.12. The van der Waals surface area contributed by atoms with E-state index in [0.29, 0.717) is 11.5 Å². The van der Waals surface area contributed by atoms with Gasteiger partial charge in [0, 0.05) is 6.54 Å². The summed E-state index contributed by atoms with van der Waals surface area (Å²) in [5.74, 6) is -0.977. The Balaban J connectivity index is 2.14. The van der Waals surface area contributed by atoms with Crippen LogP contribution in [0.4, 0.5) is 0 Å². The number of hydrogen-bond acceptors (Lipinski definition) is 5. The fraction of sp³-hybridized carbons (Fsp3) is 0.417. The minimum absolute atomic E-state index is 0.112. The summed E-state index contributed by atoms with van der Waals surface area (Å²) in [5.41, 5.74) is 0. The van der Waals surface area contributed by atoms with Crippen molar-refractivity contribution in [1.82, 2.24) is 10.6 Å². The van der Waals surface area contributed by atoms with Crippen molar-refractivity contribution in [3.8, 4) is 0 Å². The van der Waals surface area contributed by atoms with Crippen LogP contribution in [0.3, 0.4) is 0 Å². The Morgan fingerprint density at radius 1 is 1.32 bits per heavy atom. The number of carbonyl (C=O) groups is 3. The van der Waals surface area contributed by atoms with E-state index < -0.39 is 0 Å². The molecule has 6 nitrogen and oxygen atoms in total. The number of hydrogen-bond donors (Lipinski definition) is 2. The third-order valence-corrected chi connectivity index (χ3v) is 2.98. The van der Waals surface area contributed by atoms with E-state index in [1.807, 2.05) is 0 Å². The molecule has 1 aromatic rings. The van der Waals surface area contributed by atoms with Crippen LogP contribution in [0.2, 0.25) is 0 Å². The van der Waals surface area contributed by atoms with E-state index in [-0.39, 0.29) is 37.3 Å². The Labute approximate surface area is 115 Å². The molecule has 0 aliphatic heterocycles. The van der Waals surface area contributed by atoms with Crippen molar-refractivity contribution < 1.29 is 19.1 Å². The van der Waals surface area contributed by atoms with Crippen LogP contribution in [0.15, 0.2) is 17.5 Å². The second kappa shape index (κ2) is 8.25. The van der Waals surface area contributed by atoms with Crippen molar-refractivity contribution >= 4 is 29.1 Å². The van der Waals surface area contributed by atoms with Gasteiger partial charge < -0.3 is 15.4 Å². The lowest BCUT2D eigenvalue weighted by Gasteiger charge is -2.06. The summed E-state index contributed by atoms with van der Waals surface area (Å²) in [7, 11) is 0. The molecular weight excluding hydrogens is 268 g/mol. The van der Waals surface area contributed by atoms with Crippen molar-refractivity contribution in [1.29, 1.82) is 0 Å². The van der Waals surface area contributed by atoms with Gasteiger partial charge in [0.2, 0.25) is 5.91 Å². The first-order valence-electron chi connectivity index (χ1n) is 5.87. The van der Waals surface area contributed by atoms with Crippen LogP contribution in [0, 0.1) is 0 Å². The van der Waals surface area contributed by atoms with Crippen molar-refractivity contribution in [3.05, 3.63) is 22.4 Å². The van der Waals surface area contributed by atoms with Gasteiger partial charge in [0.05, 0.1) is 24.4 Å². The van der Waals surface area contributed by atoms with E-state index in [2.05, 4.69) is 10.6 Å². The number of thiophene rings is 1. The highest BCUT2D eigenvalue weighted by atomic mass is 32.1. The van der Waals surface area contributed by atoms with E-state index in [4.69, 9.17) is 4.74 Å². The zero-order chi connectivity index (χ0) is 14.1. The molecular formula is C12H16N2O4S. The zero-order valence-electron chi connectivity index (χ0n) is 10.6. The second-order valence-corrected chi connectivity index (χ2v) is 4.51. The lowest BCUT2D eigenvalue weighted by atomic mass is 10.4. The summed E-state index contributed by atoms with van der Waals surface area (Å²) in [5, 5.41) is 6.80. The first-order valence-corrected chi connectivity index (χ1v) is 6.75. The minimum Gasteiger partial charge on any atom is -0.466 e. The Morgan fingerprint density at radius 3 is 2.74 bits per heavy atom. The lowest BCUT2D eigenvalue weighted by Crippen LogP contribution is -2.37. The van der Waals surface area contributed by atoms with Crippen molar-refractivity contribution in [2.24, 2.45) is 0 Å². The topological polar surface area (TPSA) is 84.5 Å². The number of amides is 2. The zero-order valence-corrected chi connectivity index (χ0v) is 11.4. The SMILES string of the molecule is CCOC(=O)CCNC(=O)CNC(=O)c1cccs1. The van der Waals surface area contributed by atoms with Gasteiger partial charge in [-0.3, -0.25) is 14.4 Å². The number of esters is 1. The van der Waals surface area contributed by atoms with Gasteiger partial charge in [-0.15, -0.1) is 11.3 Å². The van der Waals surface area contributed by atoms with Gasteiger partial charge in [0.1, 0.15) is 0 Å². The molecule has 0 spiro atoms. The first kappa shape index (κ1) is 15.2. The van der Waals surface area contributed by atoms with Crippen molar-refractivity contribution in [2.75, 3.05) is 19.7 Å². The molecule has 2 amide bonds. The van der Waals surface area contributed by atoms with E-state index in [0.717, 1.165) is 0 Å². The molecule has 19 heavy (non-hydrogen) atoms. The fourth-order valence-corrected chi connectivity index (χ4v) is 1.90. The van der Waals surface area contributed by atoms with Crippen LogP contribution in [0.1, 0.15) is 23.0 Å². The van der Waals surface area contributed by atoms with E-state index in [1.165, 1.54) is 11.3 Å². The monoisotopic (exact) mass is 284 g/mol. The predicted octanol–water partition coefficient (Wildman–Crippen LogP) is 0.547. The summed E-state index contributed by atoms with van der Waals surface area (Å²) in [6, 6.07) is 3.44. The highest BCUT2D eigenvalue weighted by Crippen LogP contribution is 2.07. The second-order valence-electron chi connectivity index (χ2n) is 3.56. The van der Waals surface area contributed by atoms with E-state index in [1.54, 1.807) is 24.4 Å². The molecule has 0 saturated heterocycles. The average molecular weight is 284 g/mol. The molecule has 0 aliphatic carbocycles. The normalized spacial score (nSPS) is 9.74. The van der Waals surface area contributed by atoms with Crippen LogP contribution < -0.4 is 10.6 Å². The largest absolute Gasteiger partial charge is 0.466 e. The average Bonchev–Trinajstić information content (AvgIpc) is 2.90. The molecule has 0 aromatic carbocycles. The summed E-state index contributed by atoms with van der Waals surface area (Å²) in [6.07, 6.45) is 0.123.